The van der Waals surface area contributed by atoms with Gasteiger partial charge in [0.05, 0.1) is 0 Å². The van der Waals surface area contributed by atoms with Crippen molar-refractivity contribution in [2.24, 2.45) is 11.1 Å². The normalized spacial score (nSPS) is 22.1. The molecule has 0 saturated carbocycles. The van der Waals surface area contributed by atoms with E-state index >= 15 is 0 Å². The zero-order chi connectivity index (χ0) is 14.0. The van der Waals surface area contributed by atoms with Crippen molar-refractivity contribution in [3.63, 3.8) is 0 Å². The lowest BCUT2D eigenvalue weighted by molar-refractivity contribution is 0.118. The summed E-state index contributed by atoms with van der Waals surface area (Å²) in [5, 5.41) is 3.48. The fraction of sp³-hybridized carbons (Fsp3) is 0.500. The number of carbonyl (C=O) groups excluding carboxylic acids is 1. The lowest BCUT2D eigenvalue weighted by Gasteiger charge is -2.42. The Balaban J connectivity index is 2.01. The summed E-state index contributed by atoms with van der Waals surface area (Å²) in [6.45, 7) is 5.55. The van der Waals surface area contributed by atoms with E-state index in [4.69, 9.17) is 17.3 Å². The number of nitrogens with one attached hydrogen (secondary N) is 1. The van der Waals surface area contributed by atoms with Crippen LogP contribution in [0.5, 0.6) is 0 Å². The first-order chi connectivity index (χ1) is 8.88. The molecule has 1 unspecified atom stereocenters. The van der Waals surface area contributed by atoms with Gasteiger partial charge in [-0.2, -0.15) is 0 Å². The number of amides is 2. The van der Waals surface area contributed by atoms with Crippen molar-refractivity contribution >= 4 is 23.3 Å². The molecule has 1 heterocycles. The maximum atomic E-state index is 12.2. The molecule has 19 heavy (non-hydrogen) atoms. The molecule has 0 aliphatic carbocycles. The van der Waals surface area contributed by atoms with E-state index in [9.17, 15) is 4.79 Å². The van der Waals surface area contributed by atoms with Gasteiger partial charge in [0.1, 0.15) is 0 Å². The first kappa shape index (κ1) is 14.2. The van der Waals surface area contributed by atoms with Gasteiger partial charge in [0.25, 0.3) is 0 Å². The van der Waals surface area contributed by atoms with Crippen molar-refractivity contribution in [2.45, 2.75) is 26.3 Å². The average molecular weight is 282 g/mol. The van der Waals surface area contributed by atoms with Gasteiger partial charge in [-0.1, -0.05) is 31.5 Å². The standard InChI is InChI=1S/C14H20ClN3O/c1-14(2)9-18(7-6-12(14)16)13(19)17-11-5-3-4-10(15)8-11/h3-5,8,12H,6-7,9,16H2,1-2H3,(H,17,19). The molecule has 5 heteroatoms. The summed E-state index contributed by atoms with van der Waals surface area (Å²) in [4.78, 5) is 14.0. The third-order valence-electron chi connectivity index (χ3n) is 3.68. The highest BCUT2D eigenvalue weighted by atomic mass is 35.5. The zero-order valence-corrected chi connectivity index (χ0v) is 12.1. The number of urea groups is 1. The Bertz CT molecular complexity index is 476. The first-order valence-corrected chi connectivity index (χ1v) is 6.83. The predicted octanol–water partition coefficient (Wildman–Crippen LogP) is 2.93. The van der Waals surface area contributed by atoms with E-state index in [2.05, 4.69) is 19.2 Å². The highest BCUT2D eigenvalue weighted by Crippen LogP contribution is 2.28. The molecule has 4 nitrogen and oxygen atoms in total. The monoisotopic (exact) mass is 281 g/mol. The van der Waals surface area contributed by atoms with Gasteiger partial charge < -0.3 is 16.0 Å². The molecule has 1 fully saturated rings. The van der Waals surface area contributed by atoms with E-state index in [1.807, 2.05) is 17.0 Å². The lowest BCUT2D eigenvalue weighted by atomic mass is 9.80. The predicted molar refractivity (Wildman–Crippen MR) is 78.4 cm³/mol. The number of nitrogens with zero attached hydrogens (tertiary/aromatic N) is 1. The van der Waals surface area contributed by atoms with Crippen LogP contribution in [0, 0.1) is 5.41 Å². The Kier molecular flexibility index (Phi) is 4.02. The fourth-order valence-electron chi connectivity index (χ4n) is 2.32. The van der Waals surface area contributed by atoms with Crippen molar-refractivity contribution in [1.82, 2.24) is 4.90 Å². The number of halogens is 1. The molecule has 0 aromatic heterocycles. The zero-order valence-electron chi connectivity index (χ0n) is 11.3. The summed E-state index contributed by atoms with van der Waals surface area (Å²) in [7, 11) is 0. The van der Waals surface area contributed by atoms with Crippen molar-refractivity contribution in [1.29, 1.82) is 0 Å². The molecule has 2 amide bonds. The van der Waals surface area contributed by atoms with Gasteiger partial charge in [-0.05, 0) is 30.0 Å². The number of anilines is 1. The van der Waals surface area contributed by atoms with Crippen molar-refractivity contribution in [2.75, 3.05) is 18.4 Å². The summed E-state index contributed by atoms with van der Waals surface area (Å²) >= 11 is 5.90. The van der Waals surface area contributed by atoms with E-state index in [0.29, 0.717) is 23.8 Å². The van der Waals surface area contributed by atoms with Crippen LogP contribution in [0.1, 0.15) is 20.3 Å². The second kappa shape index (κ2) is 5.39. The third-order valence-corrected chi connectivity index (χ3v) is 3.91. The van der Waals surface area contributed by atoms with Crippen LogP contribution in [-0.2, 0) is 0 Å². The molecule has 1 saturated heterocycles. The van der Waals surface area contributed by atoms with Gasteiger partial charge in [0.2, 0.25) is 0 Å². The average Bonchev–Trinajstić information content (AvgIpc) is 2.32. The highest BCUT2D eigenvalue weighted by molar-refractivity contribution is 6.30. The topological polar surface area (TPSA) is 58.4 Å². The van der Waals surface area contributed by atoms with Crippen LogP contribution in [0.3, 0.4) is 0 Å². The molecular formula is C14H20ClN3O. The van der Waals surface area contributed by atoms with Crippen LogP contribution in [0.15, 0.2) is 24.3 Å². The van der Waals surface area contributed by atoms with Crippen LogP contribution in [-0.4, -0.2) is 30.1 Å². The van der Waals surface area contributed by atoms with Crippen LogP contribution in [0.25, 0.3) is 0 Å². The molecule has 1 aromatic rings. The molecule has 2 rings (SSSR count). The first-order valence-electron chi connectivity index (χ1n) is 6.45. The number of benzene rings is 1. The second-order valence-corrected chi connectivity index (χ2v) is 6.18. The molecule has 1 atom stereocenters. The molecule has 1 aliphatic heterocycles. The SMILES string of the molecule is CC1(C)CN(C(=O)Nc2cccc(Cl)c2)CCC1N. The summed E-state index contributed by atoms with van der Waals surface area (Å²) in [5.74, 6) is 0. The number of hydrogen-bond acceptors (Lipinski definition) is 2. The fourth-order valence-corrected chi connectivity index (χ4v) is 2.51. The van der Waals surface area contributed by atoms with Gasteiger partial charge in [-0.25, -0.2) is 4.79 Å². The Morgan fingerprint density at radius 1 is 1.53 bits per heavy atom. The summed E-state index contributed by atoms with van der Waals surface area (Å²) in [5.41, 5.74) is 6.73. The minimum Gasteiger partial charge on any atom is -0.327 e. The van der Waals surface area contributed by atoms with Crippen LogP contribution < -0.4 is 11.1 Å². The molecule has 1 aliphatic rings. The number of nitrogens with two attached hydrogens (primary N) is 1. The largest absolute Gasteiger partial charge is 0.327 e. The number of likely N-dealkylation sites (tertiary alicyclic amines) is 1. The summed E-state index contributed by atoms with van der Waals surface area (Å²) < 4.78 is 0. The number of rotatable bonds is 1. The van der Waals surface area contributed by atoms with E-state index in [1.165, 1.54) is 0 Å². The quantitative estimate of drug-likeness (QED) is 0.831. The van der Waals surface area contributed by atoms with E-state index < -0.39 is 0 Å². The molecule has 0 spiro atoms. The summed E-state index contributed by atoms with van der Waals surface area (Å²) in [6.07, 6.45) is 0.829. The highest BCUT2D eigenvalue weighted by Gasteiger charge is 2.35. The van der Waals surface area contributed by atoms with Crippen molar-refractivity contribution in [3.05, 3.63) is 29.3 Å². The molecular weight excluding hydrogens is 262 g/mol. The Morgan fingerprint density at radius 3 is 2.89 bits per heavy atom. The number of piperidine rings is 1. The number of carbonyl (C=O) groups is 1. The van der Waals surface area contributed by atoms with Gasteiger partial charge in [0, 0.05) is 29.8 Å². The van der Waals surface area contributed by atoms with Crippen molar-refractivity contribution in [3.8, 4) is 0 Å². The maximum Gasteiger partial charge on any atom is 0.321 e. The Morgan fingerprint density at radius 2 is 2.26 bits per heavy atom. The smallest absolute Gasteiger partial charge is 0.321 e. The van der Waals surface area contributed by atoms with Crippen LogP contribution in [0.2, 0.25) is 5.02 Å². The van der Waals surface area contributed by atoms with E-state index in [-0.39, 0.29) is 17.5 Å². The number of hydrogen-bond donors (Lipinski definition) is 2. The summed E-state index contributed by atoms with van der Waals surface area (Å²) in [6, 6.07) is 7.20. The van der Waals surface area contributed by atoms with Gasteiger partial charge in [-0.15, -0.1) is 0 Å². The Hall–Kier alpha value is -1.26. The Labute approximate surface area is 118 Å². The lowest BCUT2D eigenvalue weighted by Crippen LogP contribution is -2.54. The van der Waals surface area contributed by atoms with Gasteiger partial charge >= 0.3 is 6.03 Å². The van der Waals surface area contributed by atoms with E-state index in [0.717, 1.165) is 6.42 Å². The van der Waals surface area contributed by atoms with Gasteiger partial charge in [0.15, 0.2) is 0 Å². The van der Waals surface area contributed by atoms with Crippen LogP contribution in [0.4, 0.5) is 10.5 Å². The van der Waals surface area contributed by atoms with E-state index in [1.54, 1.807) is 12.1 Å². The minimum absolute atomic E-state index is 0.0517. The molecule has 1 aromatic carbocycles. The maximum absolute atomic E-state index is 12.2. The molecule has 0 radical (unpaired) electrons. The van der Waals surface area contributed by atoms with Gasteiger partial charge in [-0.3, -0.25) is 0 Å². The molecule has 0 bridgehead atoms. The third kappa shape index (κ3) is 3.39. The minimum atomic E-state index is -0.0951. The second-order valence-electron chi connectivity index (χ2n) is 5.75. The van der Waals surface area contributed by atoms with Crippen molar-refractivity contribution < 1.29 is 4.79 Å². The van der Waals surface area contributed by atoms with Crippen LogP contribution >= 0.6 is 11.6 Å². The molecule has 104 valence electrons. The molecule has 3 N–H and O–H groups in total.